The first kappa shape index (κ1) is 11.8. The first-order valence-electron chi connectivity index (χ1n) is 5.75. The van der Waals surface area contributed by atoms with Crippen LogP contribution in [0.15, 0.2) is 12.1 Å². The third-order valence-electron chi connectivity index (χ3n) is 2.84. The first-order chi connectivity index (χ1) is 8.24. The Kier molecular flexibility index (Phi) is 3.55. The summed E-state index contributed by atoms with van der Waals surface area (Å²) in [6, 6.07) is 4.10. The molecule has 1 unspecified atom stereocenters. The zero-order valence-electron chi connectivity index (χ0n) is 10.2. The molecule has 1 N–H and O–H groups in total. The summed E-state index contributed by atoms with van der Waals surface area (Å²) in [7, 11) is 1.69. The summed E-state index contributed by atoms with van der Waals surface area (Å²) in [5.41, 5.74) is 2.30. The van der Waals surface area contributed by atoms with Gasteiger partial charge in [-0.1, -0.05) is 5.92 Å². The second-order valence-corrected chi connectivity index (χ2v) is 4.21. The van der Waals surface area contributed by atoms with E-state index in [1.807, 2.05) is 6.07 Å². The van der Waals surface area contributed by atoms with E-state index in [1.54, 1.807) is 7.11 Å². The van der Waals surface area contributed by atoms with Gasteiger partial charge in [0.25, 0.3) is 0 Å². The predicted octanol–water partition coefficient (Wildman–Crippen LogP) is 1.74. The summed E-state index contributed by atoms with van der Waals surface area (Å²) < 4.78 is 11.1. The maximum atomic E-state index is 5.73. The maximum absolute atomic E-state index is 5.73. The van der Waals surface area contributed by atoms with Gasteiger partial charge in [-0.05, 0) is 19.1 Å². The number of nitrogens with one attached hydrogen (secondary N) is 1. The molecule has 1 aromatic carbocycles. The lowest BCUT2D eigenvalue weighted by atomic mass is 10.1. The molecule has 0 radical (unpaired) electrons. The molecule has 1 aliphatic rings. The normalized spacial score (nSPS) is 17.1. The van der Waals surface area contributed by atoms with E-state index in [2.05, 4.69) is 24.2 Å². The molecule has 1 aromatic rings. The lowest BCUT2D eigenvalue weighted by Crippen LogP contribution is -2.13. The van der Waals surface area contributed by atoms with Gasteiger partial charge in [0.15, 0.2) is 0 Å². The number of ether oxygens (including phenoxy) is 2. The average Bonchev–Trinajstić information content (AvgIpc) is 2.67. The van der Waals surface area contributed by atoms with Gasteiger partial charge < -0.3 is 14.8 Å². The summed E-state index contributed by atoms with van der Waals surface area (Å²) in [5, 5.41) is 3.16. The van der Waals surface area contributed by atoms with Crippen molar-refractivity contribution < 1.29 is 9.47 Å². The van der Waals surface area contributed by atoms with Crippen molar-refractivity contribution in [1.29, 1.82) is 0 Å². The fourth-order valence-corrected chi connectivity index (χ4v) is 2.08. The Morgan fingerprint density at radius 3 is 3.12 bits per heavy atom. The minimum Gasteiger partial charge on any atom is -0.496 e. The highest BCUT2D eigenvalue weighted by Crippen LogP contribution is 2.34. The molecule has 0 aliphatic carbocycles. The van der Waals surface area contributed by atoms with Crippen LogP contribution < -0.4 is 14.8 Å². The van der Waals surface area contributed by atoms with Gasteiger partial charge in [-0.2, -0.15) is 0 Å². The zero-order chi connectivity index (χ0) is 12.3. The molecule has 0 amide bonds. The largest absolute Gasteiger partial charge is 0.496 e. The lowest BCUT2D eigenvalue weighted by molar-refractivity contribution is 0.254. The van der Waals surface area contributed by atoms with E-state index >= 15 is 0 Å². The van der Waals surface area contributed by atoms with E-state index in [9.17, 15) is 0 Å². The topological polar surface area (TPSA) is 30.5 Å². The number of hydrogen-bond donors (Lipinski definition) is 1. The van der Waals surface area contributed by atoms with Crippen molar-refractivity contribution >= 4 is 0 Å². The fourth-order valence-electron chi connectivity index (χ4n) is 2.08. The van der Waals surface area contributed by atoms with Gasteiger partial charge in [-0.3, -0.25) is 0 Å². The SMILES string of the molecule is C#CCNCc1cc2c(cc1OC)CC(C)O2. The summed E-state index contributed by atoms with van der Waals surface area (Å²) in [6.07, 6.45) is 6.40. The monoisotopic (exact) mass is 231 g/mol. The number of benzene rings is 1. The predicted molar refractivity (Wildman–Crippen MR) is 67.3 cm³/mol. The molecular weight excluding hydrogens is 214 g/mol. The fraction of sp³-hybridized carbons (Fsp3) is 0.429. The molecule has 0 saturated heterocycles. The quantitative estimate of drug-likeness (QED) is 0.632. The highest BCUT2D eigenvalue weighted by molar-refractivity contribution is 5.48. The van der Waals surface area contributed by atoms with Crippen LogP contribution in [0.5, 0.6) is 11.5 Å². The van der Waals surface area contributed by atoms with E-state index < -0.39 is 0 Å². The molecule has 90 valence electrons. The maximum Gasteiger partial charge on any atom is 0.123 e. The van der Waals surface area contributed by atoms with Gasteiger partial charge in [0, 0.05) is 24.1 Å². The number of terminal acetylenes is 1. The molecule has 1 heterocycles. The minimum absolute atomic E-state index is 0.253. The van der Waals surface area contributed by atoms with E-state index in [4.69, 9.17) is 15.9 Å². The van der Waals surface area contributed by atoms with Crippen LogP contribution in [-0.2, 0) is 13.0 Å². The molecule has 3 nitrogen and oxygen atoms in total. The van der Waals surface area contributed by atoms with Crippen LogP contribution in [0.25, 0.3) is 0 Å². The summed E-state index contributed by atoms with van der Waals surface area (Å²) in [6.45, 7) is 3.32. The van der Waals surface area contributed by atoms with Gasteiger partial charge in [0.05, 0.1) is 13.7 Å². The molecule has 0 aromatic heterocycles. The zero-order valence-corrected chi connectivity index (χ0v) is 10.2. The van der Waals surface area contributed by atoms with Gasteiger partial charge in [-0.15, -0.1) is 6.42 Å². The Balaban J connectivity index is 2.20. The Labute approximate surface area is 102 Å². The van der Waals surface area contributed by atoms with Crippen molar-refractivity contribution in [2.24, 2.45) is 0 Å². The van der Waals surface area contributed by atoms with E-state index in [0.29, 0.717) is 13.1 Å². The second-order valence-electron chi connectivity index (χ2n) is 4.21. The first-order valence-corrected chi connectivity index (χ1v) is 5.75. The molecule has 1 aliphatic heterocycles. The van der Waals surface area contributed by atoms with Gasteiger partial charge in [-0.25, -0.2) is 0 Å². The van der Waals surface area contributed by atoms with Crippen molar-refractivity contribution in [3.63, 3.8) is 0 Å². The minimum atomic E-state index is 0.253. The van der Waals surface area contributed by atoms with Crippen molar-refractivity contribution in [3.8, 4) is 23.8 Å². The third kappa shape index (κ3) is 2.54. The molecule has 17 heavy (non-hydrogen) atoms. The summed E-state index contributed by atoms with van der Waals surface area (Å²) in [5.74, 6) is 4.41. The molecule has 1 atom stereocenters. The summed E-state index contributed by atoms with van der Waals surface area (Å²) in [4.78, 5) is 0. The molecule has 0 saturated carbocycles. The van der Waals surface area contributed by atoms with Crippen LogP contribution in [-0.4, -0.2) is 19.8 Å². The van der Waals surface area contributed by atoms with Crippen molar-refractivity contribution in [2.75, 3.05) is 13.7 Å². The third-order valence-corrected chi connectivity index (χ3v) is 2.84. The highest BCUT2D eigenvalue weighted by Gasteiger charge is 2.21. The highest BCUT2D eigenvalue weighted by atomic mass is 16.5. The van der Waals surface area contributed by atoms with Crippen molar-refractivity contribution in [1.82, 2.24) is 5.32 Å². The van der Waals surface area contributed by atoms with E-state index in [1.165, 1.54) is 5.56 Å². The molecule has 3 heteroatoms. The Morgan fingerprint density at radius 1 is 1.59 bits per heavy atom. The molecular formula is C14H17NO2. The Hall–Kier alpha value is -1.66. The van der Waals surface area contributed by atoms with Gasteiger partial charge >= 0.3 is 0 Å². The molecule has 0 bridgehead atoms. The number of hydrogen-bond acceptors (Lipinski definition) is 3. The molecule has 0 spiro atoms. The second kappa shape index (κ2) is 5.11. The molecule has 0 fully saturated rings. The summed E-state index contributed by atoms with van der Waals surface area (Å²) >= 11 is 0. The van der Waals surface area contributed by atoms with Crippen LogP contribution in [0, 0.1) is 12.3 Å². The average molecular weight is 231 g/mol. The van der Waals surface area contributed by atoms with Crippen LogP contribution in [0.1, 0.15) is 18.1 Å². The lowest BCUT2D eigenvalue weighted by Gasteiger charge is -2.11. The van der Waals surface area contributed by atoms with Gasteiger partial charge in [0.1, 0.15) is 17.6 Å². The number of fused-ring (bicyclic) bond motifs is 1. The van der Waals surface area contributed by atoms with Crippen LogP contribution in [0.4, 0.5) is 0 Å². The number of methoxy groups -OCH3 is 1. The van der Waals surface area contributed by atoms with Gasteiger partial charge in [0.2, 0.25) is 0 Å². The van der Waals surface area contributed by atoms with Crippen LogP contribution >= 0.6 is 0 Å². The van der Waals surface area contributed by atoms with Crippen molar-refractivity contribution in [3.05, 3.63) is 23.3 Å². The van der Waals surface area contributed by atoms with Crippen LogP contribution in [0.2, 0.25) is 0 Å². The van der Waals surface area contributed by atoms with E-state index in [-0.39, 0.29) is 6.10 Å². The van der Waals surface area contributed by atoms with E-state index in [0.717, 1.165) is 23.5 Å². The van der Waals surface area contributed by atoms with Crippen molar-refractivity contribution in [2.45, 2.75) is 26.0 Å². The molecule has 2 rings (SSSR count). The standard InChI is InChI=1S/C14H17NO2/c1-4-5-15-9-12-8-14-11(6-10(2)17-14)7-13(12)16-3/h1,7-8,10,15H,5-6,9H2,2-3H3. The van der Waals surface area contributed by atoms with Crippen LogP contribution in [0.3, 0.4) is 0 Å². The number of rotatable bonds is 4. The Morgan fingerprint density at radius 2 is 2.41 bits per heavy atom. The smallest absolute Gasteiger partial charge is 0.123 e. The Bertz CT molecular complexity index is 448.